The summed E-state index contributed by atoms with van der Waals surface area (Å²) in [6.07, 6.45) is 0. The van der Waals surface area contributed by atoms with Crippen molar-refractivity contribution in [3.05, 3.63) is 30.3 Å². The van der Waals surface area contributed by atoms with Gasteiger partial charge in [-0.05, 0) is 26.0 Å². The molecule has 8 heteroatoms. The first-order valence-electron chi connectivity index (χ1n) is 7.60. The minimum atomic E-state index is 0.00837. The molecule has 8 nitrogen and oxygen atoms in total. The van der Waals surface area contributed by atoms with Gasteiger partial charge in [-0.3, -0.25) is 0 Å². The Bertz CT molecular complexity index is 781. The van der Waals surface area contributed by atoms with E-state index >= 15 is 0 Å². The lowest BCUT2D eigenvalue weighted by Gasteiger charge is -2.11. The molecule has 1 unspecified atom stereocenters. The standard InChI is InChI=1S/C15H20N8/c1-3-23-14-12(21-22-23)13(18-11-7-5-4-6-8-11)19-15(20-14)17-9-10(2)16/h4-8,10H,3,9,16H2,1-2H3,(H2,17,18,19,20). The number of rotatable bonds is 6. The van der Waals surface area contributed by atoms with Crippen LogP contribution in [0.2, 0.25) is 0 Å². The molecule has 2 aromatic heterocycles. The smallest absolute Gasteiger partial charge is 0.226 e. The van der Waals surface area contributed by atoms with Gasteiger partial charge in [0, 0.05) is 24.8 Å². The molecule has 0 amide bonds. The number of nitrogens with zero attached hydrogens (tertiary/aromatic N) is 5. The second-order valence-electron chi connectivity index (χ2n) is 5.32. The van der Waals surface area contributed by atoms with Crippen molar-refractivity contribution in [3.63, 3.8) is 0 Å². The van der Waals surface area contributed by atoms with Crippen molar-refractivity contribution in [1.29, 1.82) is 0 Å². The van der Waals surface area contributed by atoms with E-state index in [0.29, 0.717) is 36.0 Å². The first-order valence-corrected chi connectivity index (χ1v) is 7.60. The van der Waals surface area contributed by atoms with E-state index in [1.807, 2.05) is 44.2 Å². The molecule has 0 bridgehead atoms. The minimum absolute atomic E-state index is 0.00837. The summed E-state index contributed by atoms with van der Waals surface area (Å²) >= 11 is 0. The fourth-order valence-electron chi connectivity index (χ4n) is 2.15. The molecule has 4 N–H and O–H groups in total. The van der Waals surface area contributed by atoms with Crippen LogP contribution >= 0.6 is 0 Å². The van der Waals surface area contributed by atoms with Crippen LogP contribution in [-0.4, -0.2) is 37.5 Å². The van der Waals surface area contributed by atoms with Crippen LogP contribution in [0.4, 0.5) is 17.5 Å². The van der Waals surface area contributed by atoms with E-state index in [1.165, 1.54) is 0 Å². The fraction of sp³-hybridized carbons (Fsp3) is 0.333. The highest BCUT2D eigenvalue weighted by molar-refractivity contribution is 5.85. The second kappa shape index (κ2) is 6.57. The molecule has 0 aliphatic rings. The summed E-state index contributed by atoms with van der Waals surface area (Å²) in [5.74, 6) is 1.12. The lowest BCUT2D eigenvalue weighted by molar-refractivity contribution is 0.641. The SMILES string of the molecule is CCn1nnc2c(Nc3ccccc3)nc(NCC(C)N)nc21. The average Bonchev–Trinajstić information content (AvgIpc) is 2.97. The monoisotopic (exact) mass is 312 g/mol. The van der Waals surface area contributed by atoms with Gasteiger partial charge in [-0.25, -0.2) is 4.68 Å². The van der Waals surface area contributed by atoms with Gasteiger partial charge in [-0.2, -0.15) is 9.97 Å². The Kier molecular flexibility index (Phi) is 4.33. The zero-order chi connectivity index (χ0) is 16.2. The lowest BCUT2D eigenvalue weighted by atomic mass is 10.3. The number of aryl methyl sites for hydroxylation is 1. The van der Waals surface area contributed by atoms with Crippen molar-refractivity contribution in [1.82, 2.24) is 25.0 Å². The summed E-state index contributed by atoms with van der Waals surface area (Å²) < 4.78 is 1.74. The van der Waals surface area contributed by atoms with Crippen molar-refractivity contribution >= 4 is 28.6 Å². The molecule has 1 atom stereocenters. The molecular formula is C15H20N8. The number of anilines is 3. The highest BCUT2D eigenvalue weighted by atomic mass is 15.4. The molecule has 0 aliphatic carbocycles. The van der Waals surface area contributed by atoms with Crippen molar-refractivity contribution in [3.8, 4) is 0 Å². The zero-order valence-electron chi connectivity index (χ0n) is 13.2. The molecule has 23 heavy (non-hydrogen) atoms. The molecule has 3 rings (SSSR count). The molecule has 0 saturated heterocycles. The summed E-state index contributed by atoms with van der Waals surface area (Å²) in [6.45, 7) is 5.19. The number of hydrogen-bond donors (Lipinski definition) is 3. The van der Waals surface area contributed by atoms with E-state index in [4.69, 9.17) is 5.73 Å². The quantitative estimate of drug-likeness (QED) is 0.636. The Labute approximate surface area is 134 Å². The molecule has 120 valence electrons. The number of aromatic nitrogens is 5. The fourth-order valence-corrected chi connectivity index (χ4v) is 2.15. The van der Waals surface area contributed by atoms with Crippen LogP contribution < -0.4 is 16.4 Å². The van der Waals surface area contributed by atoms with E-state index in [9.17, 15) is 0 Å². The Morgan fingerprint density at radius 2 is 2.00 bits per heavy atom. The van der Waals surface area contributed by atoms with Gasteiger partial charge < -0.3 is 16.4 Å². The van der Waals surface area contributed by atoms with Crippen LogP contribution in [0.3, 0.4) is 0 Å². The van der Waals surface area contributed by atoms with E-state index < -0.39 is 0 Å². The molecular weight excluding hydrogens is 292 g/mol. The Hall–Kier alpha value is -2.74. The molecule has 0 aliphatic heterocycles. The number of benzene rings is 1. The van der Waals surface area contributed by atoms with Crippen LogP contribution in [0.1, 0.15) is 13.8 Å². The molecule has 3 aromatic rings. The molecule has 0 saturated carbocycles. The highest BCUT2D eigenvalue weighted by Gasteiger charge is 2.14. The summed E-state index contributed by atoms with van der Waals surface area (Å²) in [5, 5.41) is 14.7. The minimum Gasteiger partial charge on any atom is -0.353 e. The predicted molar refractivity (Wildman–Crippen MR) is 90.7 cm³/mol. The van der Waals surface area contributed by atoms with Crippen LogP contribution in [0.15, 0.2) is 30.3 Å². The number of para-hydroxylation sites is 1. The van der Waals surface area contributed by atoms with Crippen molar-refractivity contribution < 1.29 is 0 Å². The summed E-state index contributed by atoms with van der Waals surface area (Å²) in [6, 6.07) is 9.82. The van der Waals surface area contributed by atoms with Gasteiger partial charge in [0.25, 0.3) is 0 Å². The van der Waals surface area contributed by atoms with E-state index in [-0.39, 0.29) is 6.04 Å². The summed E-state index contributed by atoms with van der Waals surface area (Å²) in [5.41, 5.74) is 8.04. The van der Waals surface area contributed by atoms with Gasteiger partial charge in [0.05, 0.1) is 0 Å². The van der Waals surface area contributed by atoms with Crippen LogP contribution in [0, 0.1) is 0 Å². The molecule has 0 spiro atoms. The number of nitrogens with one attached hydrogen (secondary N) is 2. The maximum Gasteiger partial charge on any atom is 0.226 e. The first-order chi connectivity index (χ1) is 11.2. The second-order valence-corrected chi connectivity index (χ2v) is 5.32. The van der Waals surface area contributed by atoms with Crippen LogP contribution in [0.25, 0.3) is 11.2 Å². The molecule has 1 aromatic carbocycles. The summed E-state index contributed by atoms with van der Waals surface area (Å²) in [4.78, 5) is 9.01. The third-order valence-electron chi connectivity index (χ3n) is 3.28. The predicted octanol–water partition coefficient (Wildman–Crippen LogP) is 1.74. The Balaban J connectivity index is 2.01. The third kappa shape index (κ3) is 3.37. The van der Waals surface area contributed by atoms with Gasteiger partial charge in [0.2, 0.25) is 5.95 Å². The Morgan fingerprint density at radius 1 is 1.22 bits per heavy atom. The van der Waals surface area contributed by atoms with Gasteiger partial charge in [-0.15, -0.1) is 5.10 Å². The van der Waals surface area contributed by atoms with Gasteiger partial charge in [-0.1, -0.05) is 23.4 Å². The Morgan fingerprint density at radius 3 is 2.70 bits per heavy atom. The van der Waals surface area contributed by atoms with Gasteiger partial charge >= 0.3 is 0 Å². The largest absolute Gasteiger partial charge is 0.353 e. The van der Waals surface area contributed by atoms with Gasteiger partial charge in [0.15, 0.2) is 17.0 Å². The topological polar surface area (TPSA) is 107 Å². The highest BCUT2D eigenvalue weighted by Crippen LogP contribution is 2.23. The lowest BCUT2D eigenvalue weighted by Crippen LogP contribution is -2.26. The number of nitrogens with two attached hydrogens (primary N) is 1. The molecule has 0 radical (unpaired) electrons. The number of fused-ring (bicyclic) bond motifs is 1. The molecule has 2 heterocycles. The van der Waals surface area contributed by atoms with Crippen molar-refractivity contribution in [2.24, 2.45) is 5.73 Å². The summed E-state index contributed by atoms with van der Waals surface area (Å²) in [7, 11) is 0. The first kappa shape index (κ1) is 15.2. The average molecular weight is 312 g/mol. The van der Waals surface area contributed by atoms with E-state index in [0.717, 1.165) is 5.69 Å². The number of hydrogen-bond acceptors (Lipinski definition) is 7. The zero-order valence-corrected chi connectivity index (χ0v) is 13.2. The molecule has 0 fully saturated rings. The van der Waals surface area contributed by atoms with Gasteiger partial charge in [0.1, 0.15) is 0 Å². The maximum atomic E-state index is 5.79. The van der Waals surface area contributed by atoms with Crippen LogP contribution in [-0.2, 0) is 6.54 Å². The normalized spacial score (nSPS) is 12.3. The van der Waals surface area contributed by atoms with Crippen molar-refractivity contribution in [2.75, 3.05) is 17.2 Å². The van der Waals surface area contributed by atoms with E-state index in [1.54, 1.807) is 4.68 Å². The maximum absolute atomic E-state index is 5.79. The third-order valence-corrected chi connectivity index (χ3v) is 3.28. The van der Waals surface area contributed by atoms with Crippen molar-refractivity contribution in [2.45, 2.75) is 26.4 Å². The van der Waals surface area contributed by atoms with E-state index in [2.05, 4.69) is 30.9 Å². The van der Waals surface area contributed by atoms with Crippen LogP contribution in [0.5, 0.6) is 0 Å².